The van der Waals surface area contributed by atoms with Gasteiger partial charge in [-0.15, -0.1) is 0 Å². The van der Waals surface area contributed by atoms with E-state index in [-0.39, 0.29) is 12.1 Å². The highest BCUT2D eigenvalue weighted by molar-refractivity contribution is 4.84. The van der Waals surface area contributed by atoms with Crippen LogP contribution in [0.2, 0.25) is 0 Å². The molecule has 0 rings (SSSR count). The monoisotopic (exact) mass is 198 g/mol. The molecule has 0 spiro atoms. The van der Waals surface area contributed by atoms with Crippen LogP contribution >= 0.6 is 0 Å². The third-order valence-electron chi connectivity index (χ3n) is 2.87. The SMILES string of the molecule is CCC(CC)(CO)NCCCCC#N. The molecule has 14 heavy (non-hydrogen) atoms. The molecule has 0 bridgehead atoms. The molecule has 0 aromatic carbocycles. The van der Waals surface area contributed by atoms with E-state index < -0.39 is 0 Å². The third-order valence-corrected chi connectivity index (χ3v) is 2.87. The van der Waals surface area contributed by atoms with Crippen LogP contribution in [0.4, 0.5) is 0 Å². The fourth-order valence-corrected chi connectivity index (χ4v) is 1.46. The molecule has 0 amide bonds. The molecule has 0 fully saturated rings. The van der Waals surface area contributed by atoms with E-state index in [9.17, 15) is 5.11 Å². The van der Waals surface area contributed by atoms with Gasteiger partial charge in [-0.05, 0) is 32.2 Å². The van der Waals surface area contributed by atoms with Crippen molar-refractivity contribution in [3.8, 4) is 6.07 Å². The van der Waals surface area contributed by atoms with E-state index in [1.54, 1.807) is 0 Å². The highest BCUT2D eigenvalue weighted by Gasteiger charge is 2.23. The van der Waals surface area contributed by atoms with Gasteiger partial charge < -0.3 is 10.4 Å². The number of unbranched alkanes of at least 4 members (excludes halogenated alkanes) is 2. The molecule has 3 nitrogen and oxygen atoms in total. The van der Waals surface area contributed by atoms with Gasteiger partial charge in [0, 0.05) is 12.0 Å². The second-order valence-electron chi connectivity index (χ2n) is 3.69. The number of nitrogens with zero attached hydrogens (tertiary/aromatic N) is 1. The first-order valence-electron chi connectivity index (χ1n) is 5.47. The predicted molar refractivity (Wildman–Crippen MR) is 57.9 cm³/mol. The smallest absolute Gasteiger partial charge is 0.0621 e. The molecule has 0 unspecified atom stereocenters. The number of hydrogen-bond acceptors (Lipinski definition) is 3. The summed E-state index contributed by atoms with van der Waals surface area (Å²) in [5, 5.41) is 21.0. The summed E-state index contributed by atoms with van der Waals surface area (Å²) in [5.74, 6) is 0. The van der Waals surface area contributed by atoms with Crippen molar-refractivity contribution in [3.05, 3.63) is 0 Å². The van der Waals surface area contributed by atoms with E-state index in [1.165, 1.54) is 0 Å². The Labute approximate surface area is 87.1 Å². The molecule has 0 aromatic rings. The first-order chi connectivity index (χ1) is 6.74. The first kappa shape index (κ1) is 13.4. The maximum absolute atomic E-state index is 9.26. The van der Waals surface area contributed by atoms with Crippen LogP contribution in [0.25, 0.3) is 0 Å². The van der Waals surface area contributed by atoms with Gasteiger partial charge in [-0.3, -0.25) is 0 Å². The zero-order valence-electron chi connectivity index (χ0n) is 9.34. The van der Waals surface area contributed by atoms with Crippen molar-refractivity contribution in [3.63, 3.8) is 0 Å². The van der Waals surface area contributed by atoms with E-state index in [0.29, 0.717) is 6.42 Å². The normalized spacial score (nSPS) is 11.3. The number of rotatable bonds is 8. The summed E-state index contributed by atoms with van der Waals surface area (Å²) in [7, 11) is 0. The number of aliphatic hydroxyl groups is 1. The van der Waals surface area contributed by atoms with Gasteiger partial charge in [0.15, 0.2) is 0 Å². The van der Waals surface area contributed by atoms with Gasteiger partial charge in [0.05, 0.1) is 12.7 Å². The molecule has 82 valence electrons. The molecule has 0 saturated carbocycles. The Morgan fingerprint density at radius 2 is 1.93 bits per heavy atom. The van der Waals surface area contributed by atoms with Crippen LogP contribution in [0, 0.1) is 11.3 Å². The Morgan fingerprint density at radius 1 is 1.29 bits per heavy atom. The van der Waals surface area contributed by atoms with Crippen molar-refractivity contribution < 1.29 is 5.11 Å². The van der Waals surface area contributed by atoms with Gasteiger partial charge in [-0.2, -0.15) is 5.26 Å². The minimum absolute atomic E-state index is 0.105. The van der Waals surface area contributed by atoms with Crippen molar-refractivity contribution in [1.29, 1.82) is 5.26 Å². The molecule has 0 aromatic heterocycles. The fraction of sp³-hybridized carbons (Fsp3) is 0.909. The van der Waals surface area contributed by atoms with E-state index in [2.05, 4.69) is 25.2 Å². The van der Waals surface area contributed by atoms with Crippen LogP contribution in [-0.4, -0.2) is 23.8 Å². The molecule has 0 heterocycles. The summed E-state index contributed by atoms with van der Waals surface area (Å²) in [4.78, 5) is 0. The molecule has 0 saturated heterocycles. The molecule has 0 aliphatic rings. The molecular weight excluding hydrogens is 176 g/mol. The van der Waals surface area contributed by atoms with Crippen LogP contribution in [0.3, 0.4) is 0 Å². The van der Waals surface area contributed by atoms with E-state index in [4.69, 9.17) is 5.26 Å². The maximum atomic E-state index is 9.26. The first-order valence-corrected chi connectivity index (χ1v) is 5.47. The van der Waals surface area contributed by atoms with Crippen LogP contribution in [0.1, 0.15) is 46.0 Å². The Bertz CT molecular complexity index is 162. The highest BCUT2D eigenvalue weighted by atomic mass is 16.3. The fourth-order valence-electron chi connectivity index (χ4n) is 1.46. The number of nitrogens with one attached hydrogen (secondary N) is 1. The minimum atomic E-state index is -0.105. The van der Waals surface area contributed by atoms with Crippen LogP contribution < -0.4 is 5.32 Å². The molecule has 3 heteroatoms. The minimum Gasteiger partial charge on any atom is -0.394 e. The molecule has 0 radical (unpaired) electrons. The van der Waals surface area contributed by atoms with E-state index >= 15 is 0 Å². The molecule has 2 N–H and O–H groups in total. The Morgan fingerprint density at radius 3 is 2.36 bits per heavy atom. The average Bonchev–Trinajstić information content (AvgIpc) is 2.24. The Balaban J connectivity index is 3.67. The van der Waals surface area contributed by atoms with Crippen molar-refractivity contribution in [2.45, 2.75) is 51.5 Å². The van der Waals surface area contributed by atoms with E-state index in [1.807, 2.05) is 0 Å². The summed E-state index contributed by atoms with van der Waals surface area (Å²) in [6.45, 7) is 5.26. The molecule has 0 atom stereocenters. The van der Waals surface area contributed by atoms with Gasteiger partial charge in [0.2, 0.25) is 0 Å². The van der Waals surface area contributed by atoms with Crippen molar-refractivity contribution in [2.75, 3.05) is 13.2 Å². The van der Waals surface area contributed by atoms with Gasteiger partial charge in [-0.25, -0.2) is 0 Å². The highest BCUT2D eigenvalue weighted by Crippen LogP contribution is 2.13. The quantitative estimate of drug-likeness (QED) is 0.585. The van der Waals surface area contributed by atoms with Gasteiger partial charge in [0.1, 0.15) is 0 Å². The van der Waals surface area contributed by atoms with Crippen molar-refractivity contribution in [2.24, 2.45) is 0 Å². The topological polar surface area (TPSA) is 56.0 Å². The van der Waals surface area contributed by atoms with Crippen molar-refractivity contribution in [1.82, 2.24) is 5.32 Å². The number of hydrogen-bond donors (Lipinski definition) is 2. The largest absolute Gasteiger partial charge is 0.394 e. The number of nitriles is 1. The zero-order valence-corrected chi connectivity index (χ0v) is 9.34. The van der Waals surface area contributed by atoms with Gasteiger partial charge >= 0.3 is 0 Å². The lowest BCUT2D eigenvalue weighted by atomic mass is 9.94. The summed E-state index contributed by atoms with van der Waals surface area (Å²) in [6.07, 6.45) is 4.47. The van der Waals surface area contributed by atoms with Gasteiger partial charge in [-0.1, -0.05) is 13.8 Å². The predicted octanol–water partition coefficient (Wildman–Crippen LogP) is 1.82. The van der Waals surface area contributed by atoms with Crippen LogP contribution in [0.15, 0.2) is 0 Å². The lowest BCUT2D eigenvalue weighted by Gasteiger charge is -2.30. The second-order valence-corrected chi connectivity index (χ2v) is 3.69. The Hall–Kier alpha value is -0.590. The van der Waals surface area contributed by atoms with Gasteiger partial charge in [0.25, 0.3) is 0 Å². The van der Waals surface area contributed by atoms with Crippen LogP contribution in [0.5, 0.6) is 0 Å². The standard InChI is InChI=1S/C11H22N2O/c1-3-11(4-2,10-14)13-9-7-5-6-8-12/h13-14H,3-7,9-10H2,1-2H3. The summed E-state index contributed by atoms with van der Waals surface area (Å²) >= 11 is 0. The second kappa shape index (κ2) is 7.78. The summed E-state index contributed by atoms with van der Waals surface area (Å²) < 4.78 is 0. The summed E-state index contributed by atoms with van der Waals surface area (Å²) in [6, 6.07) is 2.13. The maximum Gasteiger partial charge on any atom is 0.0621 e. The number of aliphatic hydroxyl groups excluding tert-OH is 1. The third kappa shape index (κ3) is 4.59. The lowest BCUT2D eigenvalue weighted by Crippen LogP contribution is -2.47. The average molecular weight is 198 g/mol. The van der Waals surface area contributed by atoms with E-state index in [0.717, 1.165) is 32.2 Å². The zero-order chi connectivity index (χ0) is 10.9. The summed E-state index contributed by atoms with van der Waals surface area (Å²) in [5.41, 5.74) is -0.105. The molecular formula is C11H22N2O. The Kier molecular flexibility index (Phi) is 7.45. The molecule has 0 aliphatic heterocycles. The molecule has 0 aliphatic carbocycles. The van der Waals surface area contributed by atoms with Crippen molar-refractivity contribution >= 4 is 0 Å². The lowest BCUT2D eigenvalue weighted by molar-refractivity contribution is 0.151. The van der Waals surface area contributed by atoms with Crippen LogP contribution in [-0.2, 0) is 0 Å².